The van der Waals surface area contributed by atoms with Gasteiger partial charge in [0.1, 0.15) is 17.3 Å². The number of hydrogen-bond acceptors (Lipinski definition) is 4. The molecule has 7 nitrogen and oxygen atoms in total. The average Bonchev–Trinajstić information content (AvgIpc) is 3.04. The monoisotopic (exact) mass is 378 g/mol. The molecule has 134 valence electrons. The predicted octanol–water partition coefficient (Wildman–Crippen LogP) is 2.05. The number of nitrogens with one attached hydrogen (secondary N) is 1. The van der Waals surface area contributed by atoms with E-state index in [4.69, 9.17) is 5.73 Å². The fourth-order valence-corrected chi connectivity index (χ4v) is 3.50. The van der Waals surface area contributed by atoms with Crippen LogP contribution >= 0.6 is 0 Å². The third kappa shape index (κ3) is 3.26. The van der Waals surface area contributed by atoms with Gasteiger partial charge in [0, 0.05) is 6.20 Å². The topological polar surface area (TPSA) is 107 Å². The smallest absolute Gasteiger partial charge is 0.269 e. The number of carbonyl (C=O) groups is 1. The van der Waals surface area contributed by atoms with Gasteiger partial charge in [-0.1, -0.05) is 18.2 Å². The van der Waals surface area contributed by atoms with Crippen LogP contribution in [-0.4, -0.2) is 24.1 Å². The Kier molecular flexibility index (Phi) is 4.43. The van der Waals surface area contributed by atoms with Crippen LogP contribution in [0.1, 0.15) is 10.5 Å². The summed E-state index contributed by atoms with van der Waals surface area (Å²) >= 11 is 0. The second-order valence-electron chi connectivity index (χ2n) is 5.18. The molecule has 3 rings (SSSR count). The van der Waals surface area contributed by atoms with E-state index in [9.17, 15) is 22.0 Å². The zero-order valence-electron chi connectivity index (χ0n) is 13.1. The number of nitrogens with zero attached hydrogens (tertiary/aromatic N) is 2. The van der Waals surface area contributed by atoms with Gasteiger partial charge in [-0.2, -0.15) is 5.10 Å². The number of halogens is 2. The highest BCUT2D eigenvalue weighted by molar-refractivity contribution is 7.92. The Balaban J connectivity index is 2.04. The number of para-hydroxylation sites is 2. The van der Waals surface area contributed by atoms with Crippen molar-refractivity contribution in [2.75, 3.05) is 4.72 Å². The number of amides is 1. The van der Waals surface area contributed by atoms with Gasteiger partial charge >= 0.3 is 0 Å². The van der Waals surface area contributed by atoms with Crippen LogP contribution in [0.15, 0.2) is 59.6 Å². The third-order valence-electron chi connectivity index (χ3n) is 3.42. The van der Waals surface area contributed by atoms with E-state index in [1.807, 2.05) is 0 Å². The molecule has 0 bridgehead atoms. The maximum atomic E-state index is 13.8. The second-order valence-corrected chi connectivity index (χ2v) is 6.80. The fraction of sp³-hybridized carbons (Fsp3) is 0. The van der Waals surface area contributed by atoms with Crippen molar-refractivity contribution in [3.63, 3.8) is 0 Å². The average molecular weight is 378 g/mol. The molecule has 3 N–H and O–H groups in total. The lowest BCUT2D eigenvalue weighted by Crippen LogP contribution is -2.18. The minimum Gasteiger partial charge on any atom is -0.364 e. The SMILES string of the molecule is NC(=O)c1ccn(-c2ccccc2NS(=O)(=O)c2c(F)cccc2F)n1. The first-order chi connectivity index (χ1) is 12.3. The van der Waals surface area contributed by atoms with E-state index in [-0.39, 0.29) is 17.1 Å². The van der Waals surface area contributed by atoms with Crippen LogP contribution in [0.2, 0.25) is 0 Å². The highest BCUT2D eigenvalue weighted by Crippen LogP contribution is 2.25. The molecule has 10 heteroatoms. The third-order valence-corrected chi connectivity index (χ3v) is 4.84. The molecule has 1 aromatic heterocycles. The summed E-state index contributed by atoms with van der Waals surface area (Å²) in [6, 6.07) is 10.1. The van der Waals surface area contributed by atoms with Crippen LogP contribution in [0.5, 0.6) is 0 Å². The fourth-order valence-electron chi connectivity index (χ4n) is 2.28. The molecule has 0 fully saturated rings. The molecule has 0 aliphatic carbocycles. The first kappa shape index (κ1) is 17.5. The Morgan fingerprint density at radius 1 is 1.04 bits per heavy atom. The highest BCUT2D eigenvalue weighted by Gasteiger charge is 2.25. The van der Waals surface area contributed by atoms with Crippen molar-refractivity contribution in [2.45, 2.75) is 4.90 Å². The number of primary amides is 1. The number of rotatable bonds is 5. The zero-order valence-corrected chi connectivity index (χ0v) is 13.9. The minimum absolute atomic E-state index is 0.00859. The molecule has 0 aliphatic rings. The largest absolute Gasteiger partial charge is 0.364 e. The normalized spacial score (nSPS) is 11.3. The van der Waals surface area contributed by atoms with Crippen molar-refractivity contribution in [3.8, 4) is 5.69 Å². The number of nitrogens with two attached hydrogens (primary N) is 1. The molecule has 0 radical (unpaired) electrons. The quantitative estimate of drug-likeness (QED) is 0.708. The molecule has 0 spiro atoms. The summed E-state index contributed by atoms with van der Waals surface area (Å²) in [4.78, 5) is 10.1. The standard InChI is InChI=1S/C16H12F2N4O3S/c17-10-4-3-5-11(18)15(10)26(24,25)21-12-6-1-2-7-14(12)22-9-8-13(20-22)16(19)23/h1-9,21H,(H2,19,23). The Bertz CT molecular complexity index is 1080. The van der Waals surface area contributed by atoms with Crippen molar-refractivity contribution in [3.05, 3.63) is 72.1 Å². The molecular weight excluding hydrogens is 366 g/mol. The number of anilines is 1. The summed E-state index contributed by atoms with van der Waals surface area (Å²) in [6.45, 7) is 0. The maximum Gasteiger partial charge on any atom is 0.269 e. The van der Waals surface area contributed by atoms with Gasteiger partial charge in [-0.3, -0.25) is 9.52 Å². The van der Waals surface area contributed by atoms with E-state index in [2.05, 4.69) is 9.82 Å². The van der Waals surface area contributed by atoms with Crippen molar-refractivity contribution in [1.82, 2.24) is 9.78 Å². The van der Waals surface area contributed by atoms with Crippen LogP contribution in [0, 0.1) is 11.6 Å². The van der Waals surface area contributed by atoms with Crippen LogP contribution < -0.4 is 10.5 Å². The van der Waals surface area contributed by atoms with E-state index in [1.165, 1.54) is 35.1 Å². The lowest BCUT2D eigenvalue weighted by molar-refractivity contribution is 0.0995. The van der Waals surface area contributed by atoms with Crippen molar-refractivity contribution in [2.24, 2.45) is 5.73 Å². The zero-order chi connectivity index (χ0) is 18.9. The van der Waals surface area contributed by atoms with E-state index >= 15 is 0 Å². The summed E-state index contributed by atoms with van der Waals surface area (Å²) in [5, 5.41) is 3.94. The summed E-state index contributed by atoms with van der Waals surface area (Å²) < 4.78 is 55.9. The number of aromatic nitrogens is 2. The maximum absolute atomic E-state index is 13.8. The lowest BCUT2D eigenvalue weighted by atomic mass is 10.3. The Hall–Kier alpha value is -3.27. The molecule has 1 heterocycles. The Morgan fingerprint density at radius 2 is 1.69 bits per heavy atom. The van der Waals surface area contributed by atoms with Gasteiger partial charge in [0.2, 0.25) is 0 Å². The van der Waals surface area contributed by atoms with Crippen molar-refractivity contribution in [1.29, 1.82) is 0 Å². The molecule has 0 saturated carbocycles. The molecule has 26 heavy (non-hydrogen) atoms. The molecule has 0 unspecified atom stereocenters. The van der Waals surface area contributed by atoms with Gasteiger partial charge in [-0.25, -0.2) is 21.9 Å². The van der Waals surface area contributed by atoms with Crippen molar-refractivity contribution < 1.29 is 22.0 Å². The van der Waals surface area contributed by atoms with E-state index in [0.717, 1.165) is 18.2 Å². The molecular formula is C16H12F2N4O3S. The lowest BCUT2D eigenvalue weighted by Gasteiger charge is -2.13. The predicted molar refractivity (Wildman–Crippen MR) is 89.2 cm³/mol. The van der Waals surface area contributed by atoms with E-state index in [1.54, 1.807) is 6.07 Å². The Labute approximate surface area is 147 Å². The highest BCUT2D eigenvalue weighted by atomic mass is 32.2. The molecule has 1 amide bonds. The second kappa shape index (κ2) is 6.56. The van der Waals surface area contributed by atoms with Crippen LogP contribution in [0.4, 0.5) is 14.5 Å². The Morgan fingerprint density at radius 3 is 2.31 bits per heavy atom. The van der Waals surface area contributed by atoms with Gasteiger partial charge in [-0.15, -0.1) is 0 Å². The van der Waals surface area contributed by atoms with Gasteiger partial charge in [0.15, 0.2) is 4.90 Å². The summed E-state index contributed by atoms with van der Waals surface area (Å²) in [5.41, 5.74) is 5.36. The molecule has 0 saturated heterocycles. The number of hydrogen-bond donors (Lipinski definition) is 2. The number of carbonyl (C=O) groups excluding carboxylic acids is 1. The molecule has 3 aromatic rings. The summed E-state index contributed by atoms with van der Waals surface area (Å²) in [5.74, 6) is -3.19. The van der Waals surface area contributed by atoms with Crippen LogP contribution in [0.3, 0.4) is 0 Å². The molecule has 0 aliphatic heterocycles. The molecule has 2 aromatic carbocycles. The van der Waals surface area contributed by atoms with Gasteiger partial charge in [-0.05, 0) is 30.3 Å². The number of sulfonamides is 1. The van der Waals surface area contributed by atoms with Crippen molar-refractivity contribution >= 4 is 21.6 Å². The molecule has 0 atom stereocenters. The minimum atomic E-state index is -4.55. The van der Waals surface area contributed by atoms with E-state index in [0.29, 0.717) is 0 Å². The first-order valence-electron chi connectivity index (χ1n) is 7.21. The van der Waals surface area contributed by atoms with Gasteiger partial charge in [0.05, 0.1) is 11.4 Å². The summed E-state index contributed by atoms with van der Waals surface area (Å²) in [7, 11) is -4.55. The van der Waals surface area contributed by atoms with Gasteiger partial charge in [0.25, 0.3) is 15.9 Å². The van der Waals surface area contributed by atoms with Crippen LogP contribution in [0.25, 0.3) is 5.69 Å². The first-order valence-corrected chi connectivity index (χ1v) is 8.69. The summed E-state index contributed by atoms with van der Waals surface area (Å²) in [6.07, 6.45) is 1.40. The van der Waals surface area contributed by atoms with E-state index < -0.39 is 32.5 Å². The van der Waals surface area contributed by atoms with Gasteiger partial charge < -0.3 is 5.73 Å². The number of benzene rings is 2. The van der Waals surface area contributed by atoms with Crippen LogP contribution in [-0.2, 0) is 10.0 Å².